The molecule has 1 amide bonds. The topological polar surface area (TPSA) is 55.4 Å². The number of carbonyl (C=O) groups excluding carboxylic acids is 2. The van der Waals surface area contributed by atoms with E-state index >= 15 is 0 Å². The molecule has 0 atom stereocenters. The largest absolute Gasteiger partial charge is 0.465 e. The lowest BCUT2D eigenvalue weighted by molar-refractivity contribution is -0.111. The smallest absolute Gasteiger partial charge is 0.339 e. The molecule has 1 N–H and O–H groups in total. The first kappa shape index (κ1) is 14.0. The van der Waals surface area contributed by atoms with Crippen LogP contribution < -0.4 is 5.32 Å². The van der Waals surface area contributed by atoms with Crippen molar-refractivity contribution in [3.63, 3.8) is 0 Å². The highest BCUT2D eigenvalue weighted by Crippen LogP contribution is 2.18. The summed E-state index contributed by atoms with van der Waals surface area (Å²) in [6.45, 7) is 5.53. The number of anilines is 1. The number of amides is 1. The minimum Gasteiger partial charge on any atom is -0.465 e. The van der Waals surface area contributed by atoms with Gasteiger partial charge in [0.15, 0.2) is 0 Å². The minimum atomic E-state index is -0.466. The van der Waals surface area contributed by atoms with Gasteiger partial charge >= 0.3 is 5.97 Å². The molecule has 1 rings (SSSR count). The zero-order valence-electron chi connectivity index (χ0n) is 11.0. The number of rotatable bonds is 3. The Morgan fingerprint density at radius 3 is 2.50 bits per heavy atom. The molecule has 0 aromatic heterocycles. The van der Waals surface area contributed by atoms with E-state index in [4.69, 9.17) is 0 Å². The van der Waals surface area contributed by atoms with E-state index in [9.17, 15) is 9.59 Å². The molecule has 1 aromatic carbocycles. The molecule has 0 bridgehead atoms. The van der Waals surface area contributed by atoms with Crippen molar-refractivity contribution in [2.24, 2.45) is 0 Å². The average molecular weight is 247 g/mol. The number of nitrogens with one attached hydrogen (secondary N) is 1. The maximum absolute atomic E-state index is 11.6. The Balaban J connectivity index is 3.05. The van der Waals surface area contributed by atoms with Crippen molar-refractivity contribution in [1.29, 1.82) is 0 Å². The highest BCUT2D eigenvalue weighted by atomic mass is 16.5. The van der Waals surface area contributed by atoms with Crippen LogP contribution in [-0.2, 0) is 9.53 Å². The summed E-state index contributed by atoms with van der Waals surface area (Å²) in [6, 6.07) is 5.20. The van der Waals surface area contributed by atoms with Crippen molar-refractivity contribution in [3.05, 3.63) is 41.0 Å². The minimum absolute atomic E-state index is 0.260. The average Bonchev–Trinajstić information content (AvgIpc) is 2.29. The third-order valence-corrected chi connectivity index (χ3v) is 2.26. The molecule has 0 aliphatic carbocycles. The maximum atomic E-state index is 11.6. The quantitative estimate of drug-likeness (QED) is 0.660. The van der Waals surface area contributed by atoms with Gasteiger partial charge in [-0.1, -0.05) is 17.2 Å². The number of methoxy groups -OCH3 is 1. The molecule has 0 radical (unpaired) electrons. The molecular formula is C14H17NO3. The molecule has 96 valence electrons. The first-order valence-electron chi connectivity index (χ1n) is 5.59. The van der Waals surface area contributed by atoms with Crippen LogP contribution in [0.2, 0.25) is 0 Å². The van der Waals surface area contributed by atoms with Crippen LogP contribution in [0.4, 0.5) is 5.69 Å². The zero-order chi connectivity index (χ0) is 13.7. The van der Waals surface area contributed by atoms with Gasteiger partial charge in [-0.3, -0.25) is 4.79 Å². The fraction of sp³-hybridized carbons (Fsp3) is 0.286. The summed E-state index contributed by atoms with van der Waals surface area (Å²) in [7, 11) is 1.31. The van der Waals surface area contributed by atoms with E-state index < -0.39 is 5.97 Å². The molecule has 18 heavy (non-hydrogen) atoms. The third-order valence-electron chi connectivity index (χ3n) is 2.26. The Morgan fingerprint density at radius 2 is 1.94 bits per heavy atom. The van der Waals surface area contributed by atoms with Gasteiger partial charge in [0.05, 0.1) is 18.4 Å². The van der Waals surface area contributed by atoms with E-state index in [1.54, 1.807) is 12.1 Å². The number of hydrogen-bond donors (Lipinski definition) is 1. The van der Waals surface area contributed by atoms with Crippen LogP contribution in [0.1, 0.15) is 29.8 Å². The number of esters is 1. The van der Waals surface area contributed by atoms with Gasteiger partial charge in [0.2, 0.25) is 5.91 Å². The molecule has 0 heterocycles. The van der Waals surface area contributed by atoms with Crippen LogP contribution >= 0.6 is 0 Å². The van der Waals surface area contributed by atoms with Crippen LogP contribution in [0.5, 0.6) is 0 Å². The summed E-state index contributed by atoms with van der Waals surface area (Å²) in [5.74, 6) is -0.727. The molecule has 0 unspecified atom stereocenters. The fourth-order valence-corrected chi connectivity index (χ4v) is 1.48. The normalized spacial score (nSPS) is 9.56. The maximum Gasteiger partial charge on any atom is 0.339 e. The van der Waals surface area contributed by atoms with Gasteiger partial charge < -0.3 is 10.1 Å². The molecular weight excluding hydrogens is 230 g/mol. The van der Waals surface area contributed by atoms with Crippen molar-refractivity contribution in [1.82, 2.24) is 0 Å². The van der Waals surface area contributed by atoms with Crippen LogP contribution in [0.25, 0.3) is 0 Å². The SMILES string of the molecule is COC(=O)c1cc(C)ccc1NC(=O)C=C(C)C. The Labute approximate surface area is 107 Å². The van der Waals surface area contributed by atoms with E-state index in [0.717, 1.165) is 11.1 Å². The molecule has 0 aliphatic rings. The van der Waals surface area contributed by atoms with Crippen molar-refractivity contribution in [2.45, 2.75) is 20.8 Å². The van der Waals surface area contributed by atoms with Crippen molar-refractivity contribution in [3.8, 4) is 0 Å². The summed E-state index contributed by atoms with van der Waals surface area (Å²) in [5.41, 5.74) is 2.62. The predicted molar refractivity (Wildman–Crippen MR) is 70.6 cm³/mol. The van der Waals surface area contributed by atoms with Crippen LogP contribution in [0.3, 0.4) is 0 Å². The number of benzene rings is 1. The van der Waals surface area contributed by atoms with Gasteiger partial charge in [-0.05, 0) is 32.9 Å². The summed E-state index contributed by atoms with van der Waals surface area (Å²) in [6.07, 6.45) is 1.47. The third kappa shape index (κ3) is 3.73. The number of carbonyl (C=O) groups is 2. The highest BCUT2D eigenvalue weighted by Gasteiger charge is 2.13. The molecule has 1 aromatic rings. The van der Waals surface area contributed by atoms with Crippen LogP contribution in [0, 0.1) is 6.92 Å². The van der Waals surface area contributed by atoms with E-state index in [-0.39, 0.29) is 5.91 Å². The lowest BCUT2D eigenvalue weighted by Crippen LogP contribution is -2.13. The summed E-state index contributed by atoms with van der Waals surface area (Å²) >= 11 is 0. The number of hydrogen-bond acceptors (Lipinski definition) is 3. The van der Waals surface area contributed by atoms with E-state index in [1.807, 2.05) is 26.8 Å². The molecule has 4 nitrogen and oxygen atoms in total. The first-order chi connectivity index (χ1) is 8.43. The lowest BCUT2D eigenvalue weighted by Gasteiger charge is -2.09. The monoisotopic (exact) mass is 247 g/mol. The molecule has 0 aliphatic heterocycles. The second kappa shape index (κ2) is 6.00. The number of aryl methyl sites for hydroxylation is 1. The van der Waals surface area contributed by atoms with Gasteiger partial charge in [-0.25, -0.2) is 4.79 Å². The molecule has 0 saturated carbocycles. The Hall–Kier alpha value is -2.10. The number of ether oxygens (including phenoxy) is 1. The standard InChI is InChI=1S/C14H17NO3/c1-9(2)7-13(16)15-12-6-5-10(3)8-11(12)14(17)18-4/h5-8H,1-4H3,(H,15,16). The Kier molecular flexibility index (Phi) is 4.66. The molecule has 0 spiro atoms. The first-order valence-corrected chi connectivity index (χ1v) is 5.59. The van der Waals surface area contributed by atoms with E-state index in [1.165, 1.54) is 13.2 Å². The molecule has 0 fully saturated rings. The Morgan fingerprint density at radius 1 is 1.28 bits per heavy atom. The van der Waals surface area contributed by atoms with Crippen molar-refractivity contribution in [2.75, 3.05) is 12.4 Å². The molecule has 4 heteroatoms. The van der Waals surface area contributed by atoms with Gasteiger partial charge in [-0.2, -0.15) is 0 Å². The second-order valence-corrected chi connectivity index (χ2v) is 4.25. The van der Waals surface area contributed by atoms with Crippen LogP contribution in [-0.4, -0.2) is 19.0 Å². The van der Waals surface area contributed by atoms with Gasteiger partial charge in [0.25, 0.3) is 0 Å². The van der Waals surface area contributed by atoms with Gasteiger partial charge in [-0.15, -0.1) is 0 Å². The summed E-state index contributed by atoms with van der Waals surface area (Å²) in [5, 5.41) is 2.67. The van der Waals surface area contributed by atoms with Crippen molar-refractivity contribution < 1.29 is 14.3 Å². The fourth-order valence-electron chi connectivity index (χ4n) is 1.48. The predicted octanol–water partition coefficient (Wildman–Crippen LogP) is 2.69. The van der Waals surface area contributed by atoms with Gasteiger partial charge in [0, 0.05) is 6.08 Å². The highest BCUT2D eigenvalue weighted by molar-refractivity contribution is 6.05. The van der Waals surface area contributed by atoms with E-state index in [0.29, 0.717) is 11.3 Å². The second-order valence-electron chi connectivity index (χ2n) is 4.25. The van der Waals surface area contributed by atoms with Crippen molar-refractivity contribution >= 4 is 17.6 Å². The van der Waals surface area contributed by atoms with Gasteiger partial charge in [0.1, 0.15) is 0 Å². The number of allylic oxidation sites excluding steroid dienone is 1. The summed E-state index contributed by atoms with van der Waals surface area (Å²) < 4.78 is 4.69. The molecule has 0 saturated heterocycles. The zero-order valence-corrected chi connectivity index (χ0v) is 11.0. The van der Waals surface area contributed by atoms with E-state index in [2.05, 4.69) is 10.1 Å². The van der Waals surface area contributed by atoms with Crippen LogP contribution in [0.15, 0.2) is 29.8 Å². The Bertz CT molecular complexity index is 500. The summed E-state index contributed by atoms with van der Waals surface area (Å²) in [4.78, 5) is 23.2. The lowest BCUT2D eigenvalue weighted by atomic mass is 10.1.